The van der Waals surface area contributed by atoms with Gasteiger partial charge < -0.3 is 10.1 Å². The zero-order valence-corrected chi connectivity index (χ0v) is 12.7. The molecule has 112 valence electrons. The summed E-state index contributed by atoms with van der Waals surface area (Å²) in [6, 6.07) is 9.68. The molecule has 0 fully saturated rings. The van der Waals surface area contributed by atoms with Crippen LogP contribution in [0.15, 0.2) is 35.1 Å². The van der Waals surface area contributed by atoms with Crippen molar-refractivity contribution in [2.45, 2.75) is 20.4 Å². The molecule has 0 spiro atoms. The standard InChI is InChI=1S/C16H21N3O2/c1-12-5-4-6-14(9-12)19-13(2)10-16(20)15(18-19)11-17-7-8-21-3/h4-6,9-10,17H,7-8,11H2,1-3H3. The van der Waals surface area contributed by atoms with Gasteiger partial charge in [-0.1, -0.05) is 12.1 Å². The second-order valence-electron chi connectivity index (χ2n) is 5.02. The maximum atomic E-state index is 12.0. The largest absolute Gasteiger partial charge is 0.383 e. The van der Waals surface area contributed by atoms with E-state index < -0.39 is 0 Å². The number of methoxy groups -OCH3 is 1. The number of nitrogens with zero attached hydrogens (tertiary/aromatic N) is 2. The van der Waals surface area contributed by atoms with Gasteiger partial charge in [0.25, 0.3) is 0 Å². The minimum Gasteiger partial charge on any atom is -0.383 e. The second-order valence-corrected chi connectivity index (χ2v) is 5.02. The highest BCUT2D eigenvalue weighted by Gasteiger charge is 2.07. The molecule has 0 atom stereocenters. The molecule has 0 bridgehead atoms. The molecule has 1 heterocycles. The van der Waals surface area contributed by atoms with Gasteiger partial charge in [-0.25, -0.2) is 4.68 Å². The topological polar surface area (TPSA) is 56.1 Å². The SMILES string of the molecule is COCCNCc1nn(-c2cccc(C)c2)c(C)cc1=O. The van der Waals surface area contributed by atoms with Crippen molar-refractivity contribution in [3.63, 3.8) is 0 Å². The molecule has 0 saturated heterocycles. The quantitative estimate of drug-likeness (QED) is 0.820. The van der Waals surface area contributed by atoms with Crippen LogP contribution in [0.5, 0.6) is 0 Å². The first kappa shape index (κ1) is 15.4. The van der Waals surface area contributed by atoms with E-state index in [9.17, 15) is 4.79 Å². The van der Waals surface area contributed by atoms with Crippen LogP contribution >= 0.6 is 0 Å². The van der Waals surface area contributed by atoms with Crippen molar-refractivity contribution in [1.82, 2.24) is 15.1 Å². The van der Waals surface area contributed by atoms with E-state index in [4.69, 9.17) is 4.74 Å². The molecule has 0 amide bonds. The summed E-state index contributed by atoms with van der Waals surface area (Å²) in [7, 11) is 1.65. The summed E-state index contributed by atoms with van der Waals surface area (Å²) >= 11 is 0. The maximum absolute atomic E-state index is 12.0. The third-order valence-corrected chi connectivity index (χ3v) is 3.20. The van der Waals surface area contributed by atoms with Crippen LogP contribution in [-0.2, 0) is 11.3 Å². The molecule has 1 N–H and O–H groups in total. The monoisotopic (exact) mass is 287 g/mol. The molecule has 5 nitrogen and oxygen atoms in total. The molecule has 0 aliphatic rings. The summed E-state index contributed by atoms with van der Waals surface area (Å²) in [5.74, 6) is 0. The van der Waals surface area contributed by atoms with Gasteiger partial charge in [-0.3, -0.25) is 4.79 Å². The zero-order chi connectivity index (χ0) is 15.2. The van der Waals surface area contributed by atoms with Crippen molar-refractivity contribution in [3.05, 3.63) is 57.5 Å². The van der Waals surface area contributed by atoms with Crippen LogP contribution < -0.4 is 10.7 Å². The Balaban J connectivity index is 2.28. The lowest BCUT2D eigenvalue weighted by atomic mass is 10.2. The van der Waals surface area contributed by atoms with Crippen molar-refractivity contribution in [1.29, 1.82) is 0 Å². The summed E-state index contributed by atoms with van der Waals surface area (Å²) in [5, 5.41) is 7.63. The highest BCUT2D eigenvalue weighted by Crippen LogP contribution is 2.10. The normalized spacial score (nSPS) is 10.8. The van der Waals surface area contributed by atoms with Gasteiger partial charge in [0.2, 0.25) is 5.43 Å². The highest BCUT2D eigenvalue weighted by atomic mass is 16.5. The number of rotatable bonds is 6. The van der Waals surface area contributed by atoms with Crippen LogP contribution in [0.4, 0.5) is 0 Å². The van der Waals surface area contributed by atoms with E-state index in [0.29, 0.717) is 25.4 Å². The van der Waals surface area contributed by atoms with E-state index in [0.717, 1.165) is 16.9 Å². The van der Waals surface area contributed by atoms with E-state index in [1.165, 1.54) is 0 Å². The Morgan fingerprint density at radius 2 is 2.10 bits per heavy atom. The number of benzene rings is 1. The average Bonchev–Trinajstić information content (AvgIpc) is 2.45. The van der Waals surface area contributed by atoms with E-state index in [2.05, 4.69) is 10.4 Å². The van der Waals surface area contributed by atoms with Gasteiger partial charge >= 0.3 is 0 Å². The van der Waals surface area contributed by atoms with E-state index in [1.807, 2.05) is 42.8 Å². The minimum absolute atomic E-state index is 0.0404. The number of aromatic nitrogens is 2. The summed E-state index contributed by atoms with van der Waals surface area (Å²) in [6.07, 6.45) is 0. The minimum atomic E-state index is -0.0404. The van der Waals surface area contributed by atoms with Gasteiger partial charge in [0, 0.05) is 32.0 Å². The summed E-state index contributed by atoms with van der Waals surface area (Å²) in [4.78, 5) is 12.0. The van der Waals surface area contributed by atoms with E-state index >= 15 is 0 Å². The fraction of sp³-hybridized carbons (Fsp3) is 0.375. The molecule has 2 rings (SSSR count). The average molecular weight is 287 g/mol. The number of ether oxygens (including phenoxy) is 1. The molecular formula is C16H21N3O2. The van der Waals surface area contributed by atoms with Gasteiger partial charge in [0.1, 0.15) is 5.69 Å². The molecule has 1 aromatic carbocycles. The van der Waals surface area contributed by atoms with Crippen molar-refractivity contribution in [3.8, 4) is 5.69 Å². The highest BCUT2D eigenvalue weighted by molar-refractivity contribution is 5.36. The van der Waals surface area contributed by atoms with Crippen molar-refractivity contribution < 1.29 is 4.74 Å². The Bertz CT molecular complexity index is 665. The second kappa shape index (κ2) is 7.15. The van der Waals surface area contributed by atoms with Gasteiger partial charge in [0.05, 0.1) is 12.3 Å². The molecule has 21 heavy (non-hydrogen) atoms. The molecule has 0 radical (unpaired) electrons. The lowest BCUT2D eigenvalue weighted by Gasteiger charge is -2.12. The lowest BCUT2D eigenvalue weighted by molar-refractivity contribution is 0.199. The maximum Gasteiger partial charge on any atom is 0.204 e. The lowest BCUT2D eigenvalue weighted by Crippen LogP contribution is -2.26. The fourth-order valence-corrected chi connectivity index (χ4v) is 2.11. The van der Waals surface area contributed by atoms with Crippen LogP contribution in [-0.4, -0.2) is 30.0 Å². The Kier molecular flexibility index (Phi) is 5.25. The molecule has 2 aromatic rings. The molecule has 0 aliphatic heterocycles. The third-order valence-electron chi connectivity index (χ3n) is 3.20. The van der Waals surface area contributed by atoms with E-state index in [1.54, 1.807) is 13.2 Å². The van der Waals surface area contributed by atoms with Gasteiger partial charge in [0.15, 0.2) is 0 Å². The van der Waals surface area contributed by atoms with Crippen LogP contribution in [0.3, 0.4) is 0 Å². The van der Waals surface area contributed by atoms with Gasteiger partial charge in [-0.05, 0) is 31.5 Å². The van der Waals surface area contributed by atoms with Crippen LogP contribution in [0.25, 0.3) is 5.69 Å². The summed E-state index contributed by atoms with van der Waals surface area (Å²) < 4.78 is 6.78. The van der Waals surface area contributed by atoms with Crippen molar-refractivity contribution in [2.75, 3.05) is 20.3 Å². The third kappa shape index (κ3) is 4.00. The Labute approximate surface area is 124 Å². The Morgan fingerprint density at radius 3 is 2.81 bits per heavy atom. The number of hydrogen-bond donors (Lipinski definition) is 1. The molecule has 5 heteroatoms. The van der Waals surface area contributed by atoms with Crippen molar-refractivity contribution in [2.24, 2.45) is 0 Å². The molecule has 1 aromatic heterocycles. The van der Waals surface area contributed by atoms with Gasteiger partial charge in [-0.2, -0.15) is 5.10 Å². The summed E-state index contributed by atoms with van der Waals surface area (Å²) in [5.41, 5.74) is 3.42. The predicted molar refractivity (Wildman–Crippen MR) is 82.9 cm³/mol. The first-order chi connectivity index (χ1) is 10.1. The smallest absolute Gasteiger partial charge is 0.204 e. The summed E-state index contributed by atoms with van der Waals surface area (Å²) in [6.45, 7) is 5.66. The molecule has 0 unspecified atom stereocenters. The van der Waals surface area contributed by atoms with Crippen LogP contribution in [0.2, 0.25) is 0 Å². The Hall–Kier alpha value is -1.98. The number of aryl methyl sites for hydroxylation is 2. The number of nitrogens with one attached hydrogen (secondary N) is 1. The zero-order valence-electron chi connectivity index (χ0n) is 12.7. The van der Waals surface area contributed by atoms with Crippen LogP contribution in [0, 0.1) is 13.8 Å². The first-order valence-electron chi connectivity index (χ1n) is 6.98. The van der Waals surface area contributed by atoms with Gasteiger partial charge in [-0.15, -0.1) is 0 Å². The first-order valence-corrected chi connectivity index (χ1v) is 6.98. The molecule has 0 aliphatic carbocycles. The predicted octanol–water partition coefficient (Wildman–Crippen LogP) is 1.59. The molecular weight excluding hydrogens is 266 g/mol. The fourth-order valence-electron chi connectivity index (χ4n) is 2.11. The Morgan fingerprint density at radius 1 is 1.29 bits per heavy atom. The molecule has 0 saturated carbocycles. The van der Waals surface area contributed by atoms with E-state index in [-0.39, 0.29) is 5.43 Å². The van der Waals surface area contributed by atoms with Crippen molar-refractivity contribution >= 4 is 0 Å². The van der Waals surface area contributed by atoms with Crippen LogP contribution in [0.1, 0.15) is 17.0 Å². The number of hydrogen-bond acceptors (Lipinski definition) is 4.